The summed E-state index contributed by atoms with van der Waals surface area (Å²) in [5.74, 6) is 1.09. The van der Waals surface area contributed by atoms with Gasteiger partial charge >= 0.3 is 0 Å². The number of ether oxygens (including phenoxy) is 3. The van der Waals surface area contributed by atoms with Gasteiger partial charge in [0, 0.05) is 26.7 Å². The molecule has 0 aromatic carbocycles. The van der Waals surface area contributed by atoms with Gasteiger partial charge in [0.25, 0.3) is 0 Å². The molecule has 0 aliphatic carbocycles. The maximum atomic E-state index is 5.26. The largest absolute Gasteiger partial charge is 0.499 e. The molecule has 2 unspecified atom stereocenters. The highest BCUT2D eigenvalue weighted by Gasteiger charge is 2.10. The second kappa shape index (κ2) is 8.50. The van der Waals surface area contributed by atoms with E-state index in [1.54, 1.807) is 21.3 Å². The molecule has 0 N–H and O–H groups in total. The van der Waals surface area contributed by atoms with Crippen LogP contribution in [0.2, 0.25) is 0 Å². The van der Waals surface area contributed by atoms with Gasteiger partial charge in [-0.3, -0.25) is 0 Å². The molecule has 3 heteroatoms. The van der Waals surface area contributed by atoms with Gasteiger partial charge in [0.1, 0.15) is 11.9 Å². The zero-order valence-electron chi connectivity index (χ0n) is 10.2. The summed E-state index contributed by atoms with van der Waals surface area (Å²) in [6.07, 6.45) is 4.80. The van der Waals surface area contributed by atoms with E-state index < -0.39 is 0 Å². The first kappa shape index (κ1) is 14.2. The van der Waals surface area contributed by atoms with E-state index in [-0.39, 0.29) is 12.0 Å². The molecule has 0 saturated carbocycles. The molecule has 0 aliphatic rings. The van der Waals surface area contributed by atoms with E-state index in [9.17, 15) is 0 Å². The van der Waals surface area contributed by atoms with Crippen molar-refractivity contribution < 1.29 is 14.2 Å². The molecule has 88 valence electrons. The SMILES string of the molecule is C=CC(C=C(OC)C(C)OC)CCOC. The highest BCUT2D eigenvalue weighted by atomic mass is 16.5. The first-order chi connectivity index (χ1) is 7.19. The summed E-state index contributed by atoms with van der Waals surface area (Å²) in [6, 6.07) is 0. The highest BCUT2D eigenvalue weighted by molar-refractivity contribution is 5.06. The average Bonchev–Trinajstić information content (AvgIpc) is 2.28. The Morgan fingerprint density at radius 2 is 2.00 bits per heavy atom. The van der Waals surface area contributed by atoms with Crippen LogP contribution in [0.15, 0.2) is 24.5 Å². The summed E-state index contributed by atoms with van der Waals surface area (Å²) in [5, 5.41) is 0. The van der Waals surface area contributed by atoms with E-state index in [2.05, 4.69) is 6.58 Å². The Hall–Kier alpha value is -0.800. The number of hydrogen-bond acceptors (Lipinski definition) is 3. The minimum absolute atomic E-state index is 0.0278. The van der Waals surface area contributed by atoms with Crippen LogP contribution in [-0.2, 0) is 14.2 Å². The lowest BCUT2D eigenvalue weighted by Gasteiger charge is -2.15. The Balaban J connectivity index is 4.40. The highest BCUT2D eigenvalue weighted by Crippen LogP contribution is 2.14. The Labute approximate surface area is 92.7 Å². The molecule has 0 heterocycles. The topological polar surface area (TPSA) is 27.7 Å². The summed E-state index contributed by atoms with van der Waals surface area (Å²) in [7, 11) is 5.01. The maximum Gasteiger partial charge on any atom is 0.121 e. The molecular weight excluding hydrogens is 192 g/mol. The first-order valence-electron chi connectivity index (χ1n) is 5.09. The van der Waals surface area contributed by atoms with Gasteiger partial charge in [-0.2, -0.15) is 0 Å². The van der Waals surface area contributed by atoms with Crippen LogP contribution >= 0.6 is 0 Å². The minimum atomic E-state index is -0.0278. The van der Waals surface area contributed by atoms with Crippen LogP contribution < -0.4 is 0 Å². The summed E-state index contributed by atoms with van der Waals surface area (Å²) in [5.41, 5.74) is 0. The number of hydrogen-bond donors (Lipinski definition) is 0. The summed E-state index contributed by atoms with van der Waals surface area (Å²) in [4.78, 5) is 0. The minimum Gasteiger partial charge on any atom is -0.499 e. The summed E-state index contributed by atoms with van der Waals surface area (Å²) < 4.78 is 15.5. The van der Waals surface area contributed by atoms with E-state index in [1.165, 1.54) is 0 Å². The Morgan fingerprint density at radius 1 is 1.33 bits per heavy atom. The fourth-order valence-corrected chi connectivity index (χ4v) is 1.22. The molecule has 0 aliphatic heterocycles. The second-order valence-electron chi connectivity index (χ2n) is 3.33. The smallest absolute Gasteiger partial charge is 0.121 e. The molecule has 0 aromatic rings. The molecule has 0 aromatic heterocycles. The van der Waals surface area contributed by atoms with Crippen LogP contribution in [0.5, 0.6) is 0 Å². The quantitative estimate of drug-likeness (QED) is 0.458. The average molecular weight is 214 g/mol. The van der Waals surface area contributed by atoms with Gasteiger partial charge in [-0.1, -0.05) is 6.08 Å². The van der Waals surface area contributed by atoms with E-state index in [0.717, 1.165) is 12.2 Å². The maximum absolute atomic E-state index is 5.26. The van der Waals surface area contributed by atoms with Crippen molar-refractivity contribution >= 4 is 0 Å². The fraction of sp³-hybridized carbons (Fsp3) is 0.667. The van der Waals surface area contributed by atoms with E-state index in [1.807, 2.05) is 19.1 Å². The van der Waals surface area contributed by atoms with Gasteiger partial charge in [0.2, 0.25) is 0 Å². The van der Waals surface area contributed by atoms with Gasteiger partial charge in [-0.05, 0) is 19.4 Å². The Bertz CT molecular complexity index is 199. The lowest BCUT2D eigenvalue weighted by molar-refractivity contribution is 0.0900. The van der Waals surface area contributed by atoms with Crippen LogP contribution in [0.4, 0.5) is 0 Å². The molecule has 3 nitrogen and oxygen atoms in total. The fourth-order valence-electron chi connectivity index (χ4n) is 1.22. The van der Waals surface area contributed by atoms with Crippen LogP contribution in [0.25, 0.3) is 0 Å². The van der Waals surface area contributed by atoms with Crippen molar-refractivity contribution in [1.82, 2.24) is 0 Å². The molecule has 0 bridgehead atoms. The van der Waals surface area contributed by atoms with Crippen molar-refractivity contribution in [3.63, 3.8) is 0 Å². The molecule has 2 atom stereocenters. The molecule has 0 amide bonds. The Morgan fingerprint density at radius 3 is 2.40 bits per heavy atom. The van der Waals surface area contributed by atoms with Crippen LogP contribution in [-0.4, -0.2) is 34.0 Å². The lowest BCUT2D eigenvalue weighted by Crippen LogP contribution is -2.12. The van der Waals surface area contributed by atoms with Crippen molar-refractivity contribution in [3.8, 4) is 0 Å². The monoisotopic (exact) mass is 214 g/mol. The zero-order valence-corrected chi connectivity index (χ0v) is 10.2. The normalized spacial score (nSPS) is 15.9. The zero-order chi connectivity index (χ0) is 11.7. The van der Waals surface area contributed by atoms with Gasteiger partial charge in [-0.15, -0.1) is 6.58 Å². The first-order valence-corrected chi connectivity index (χ1v) is 5.09. The Kier molecular flexibility index (Phi) is 8.05. The van der Waals surface area contributed by atoms with Crippen molar-refractivity contribution in [3.05, 3.63) is 24.5 Å². The van der Waals surface area contributed by atoms with Crippen LogP contribution in [0.3, 0.4) is 0 Å². The van der Waals surface area contributed by atoms with E-state index in [4.69, 9.17) is 14.2 Å². The molecule has 0 radical (unpaired) electrons. The summed E-state index contributed by atoms with van der Waals surface area (Å²) in [6.45, 7) is 6.45. The van der Waals surface area contributed by atoms with Crippen molar-refractivity contribution in [2.75, 3.05) is 27.9 Å². The third kappa shape index (κ3) is 5.60. The molecule has 0 rings (SSSR count). The van der Waals surface area contributed by atoms with E-state index >= 15 is 0 Å². The third-order valence-electron chi connectivity index (χ3n) is 2.33. The number of rotatable bonds is 8. The third-order valence-corrected chi connectivity index (χ3v) is 2.33. The number of allylic oxidation sites excluding steroid dienone is 2. The lowest BCUT2D eigenvalue weighted by atomic mass is 10.0. The van der Waals surface area contributed by atoms with Gasteiger partial charge in [0.15, 0.2) is 0 Å². The predicted octanol–water partition coefficient (Wildman–Crippen LogP) is 2.39. The van der Waals surface area contributed by atoms with Crippen molar-refractivity contribution in [2.24, 2.45) is 5.92 Å². The van der Waals surface area contributed by atoms with Gasteiger partial charge in [-0.25, -0.2) is 0 Å². The second-order valence-corrected chi connectivity index (χ2v) is 3.33. The van der Waals surface area contributed by atoms with Gasteiger partial charge in [0.05, 0.1) is 7.11 Å². The molecule has 0 fully saturated rings. The molecule has 0 saturated heterocycles. The molecule has 0 spiro atoms. The van der Waals surface area contributed by atoms with Gasteiger partial charge < -0.3 is 14.2 Å². The predicted molar refractivity (Wildman–Crippen MR) is 61.7 cm³/mol. The van der Waals surface area contributed by atoms with Crippen molar-refractivity contribution in [1.29, 1.82) is 0 Å². The van der Waals surface area contributed by atoms with E-state index in [0.29, 0.717) is 6.61 Å². The molecular formula is C12H22O3. The van der Waals surface area contributed by atoms with Crippen molar-refractivity contribution in [2.45, 2.75) is 19.4 Å². The van der Waals surface area contributed by atoms with Crippen LogP contribution in [0.1, 0.15) is 13.3 Å². The standard InChI is InChI=1S/C12H22O3/c1-6-11(7-8-13-3)9-12(15-5)10(2)14-4/h6,9-11H,1,7-8H2,2-5H3. The van der Waals surface area contributed by atoms with Crippen LogP contribution in [0, 0.1) is 5.92 Å². The number of methoxy groups -OCH3 is 3. The summed E-state index contributed by atoms with van der Waals surface area (Å²) >= 11 is 0. The molecule has 15 heavy (non-hydrogen) atoms.